The zero-order valence-electron chi connectivity index (χ0n) is 6.88. The van der Waals surface area contributed by atoms with Gasteiger partial charge in [0.1, 0.15) is 5.75 Å². The first-order chi connectivity index (χ1) is 5.95. The standard InChI is InChI=1S/C8H9Cl2NO2/c1-3(12)6-7(10)4(9)2-5(13)8(6)11/h2-3,12-13H,11H2,1H3. The number of halogens is 2. The summed E-state index contributed by atoms with van der Waals surface area (Å²) in [5, 5.41) is 18.9. The molecule has 0 bridgehead atoms. The number of aliphatic hydroxyl groups is 1. The van der Waals surface area contributed by atoms with Crippen LogP contribution in [0, 0.1) is 0 Å². The molecule has 0 aliphatic rings. The van der Waals surface area contributed by atoms with Crippen LogP contribution >= 0.6 is 23.2 Å². The Bertz CT molecular complexity index is 313. The van der Waals surface area contributed by atoms with Crippen LogP contribution in [0.15, 0.2) is 6.07 Å². The van der Waals surface area contributed by atoms with E-state index in [4.69, 9.17) is 28.9 Å². The fourth-order valence-electron chi connectivity index (χ4n) is 1.05. The fourth-order valence-corrected chi connectivity index (χ4v) is 1.57. The third-order valence-corrected chi connectivity index (χ3v) is 2.50. The van der Waals surface area contributed by atoms with E-state index in [1.807, 2.05) is 0 Å². The van der Waals surface area contributed by atoms with Crippen molar-refractivity contribution in [2.45, 2.75) is 13.0 Å². The lowest BCUT2D eigenvalue weighted by molar-refractivity contribution is 0.200. The number of anilines is 1. The highest BCUT2D eigenvalue weighted by Crippen LogP contribution is 2.39. The number of nitrogen functional groups attached to an aromatic ring is 1. The lowest BCUT2D eigenvalue weighted by atomic mass is 10.1. The fraction of sp³-hybridized carbons (Fsp3) is 0.250. The molecule has 3 nitrogen and oxygen atoms in total. The number of hydrogen-bond donors (Lipinski definition) is 3. The number of benzene rings is 1. The van der Waals surface area contributed by atoms with Crippen LogP contribution in [0.1, 0.15) is 18.6 Å². The van der Waals surface area contributed by atoms with E-state index in [2.05, 4.69) is 0 Å². The maximum absolute atomic E-state index is 9.30. The van der Waals surface area contributed by atoms with E-state index in [-0.39, 0.29) is 27.0 Å². The molecule has 0 radical (unpaired) electrons. The van der Waals surface area contributed by atoms with E-state index >= 15 is 0 Å². The Morgan fingerprint density at radius 1 is 1.46 bits per heavy atom. The van der Waals surface area contributed by atoms with E-state index in [1.54, 1.807) is 0 Å². The molecule has 4 N–H and O–H groups in total. The monoisotopic (exact) mass is 221 g/mol. The topological polar surface area (TPSA) is 66.5 Å². The lowest BCUT2D eigenvalue weighted by Crippen LogP contribution is -2.00. The first kappa shape index (κ1) is 10.4. The molecule has 0 amide bonds. The maximum Gasteiger partial charge on any atom is 0.140 e. The second-order valence-corrected chi connectivity index (χ2v) is 3.48. The Balaban J connectivity index is 3.46. The molecule has 0 heterocycles. The second-order valence-electron chi connectivity index (χ2n) is 2.69. The predicted molar refractivity (Wildman–Crippen MR) is 53.2 cm³/mol. The molecule has 1 atom stereocenters. The van der Waals surface area contributed by atoms with Crippen LogP contribution in [0.3, 0.4) is 0 Å². The smallest absolute Gasteiger partial charge is 0.140 e. The Hall–Kier alpha value is -0.640. The molecule has 0 saturated heterocycles. The highest BCUT2D eigenvalue weighted by Gasteiger charge is 2.16. The van der Waals surface area contributed by atoms with Crippen molar-refractivity contribution >= 4 is 28.9 Å². The van der Waals surface area contributed by atoms with Gasteiger partial charge in [0, 0.05) is 11.6 Å². The van der Waals surface area contributed by atoms with Crippen molar-refractivity contribution < 1.29 is 10.2 Å². The molecule has 5 heteroatoms. The minimum absolute atomic E-state index is 0.0596. The summed E-state index contributed by atoms with van der Waals surface area (Å²) in [5.41, 5.74) is 5.82. The van der Waals surface area contributed by atoms with Crippen molar-refractivity contribution in [2.24, 2.45) is 0 Å². The molecule has 0 fully saturated rings. The quantitative estimate of drug-likeness (QED) is 0.504. The first-order valence-electron chi connectivity index (χ1n) is 3.59. The van der Waals surface area contributed by atoms with Gasteiger partial charge in [-0.1, -0.05) is 23.2 Å². The van der Waals surface area contributed by atoms with Gasteiger partial charge in [0.25, 0.3) is 0 Å². The summed E-state index contributed by atoms with van der Waals surface area (Å²) in [4.78, 5) is 0. The number of aliphatic hydroxyl groups excluding tert-OH is 1. The van der Waals surface area contributed by atoms with Crippen LogP contribution < -0.4 is 5.73 Å². The van der Waals surface area contributed by atoms with Crippen LogP contribution in [0.5, 0.6) is 5.75 Å². The second kappa shape index (κ2) is 3.62. The van der Waals surface area contributed by atoms with Crippen LogP contribution in [-0.2, 0) is 0 Å². The Labute approximate surface area is 85.7 Å². The zero-order valence-corrected chi connectivity index (χ0v) is 8.39. The summed E-state index contributed by atoms with van der Waals surface area (Å²) in [6, 6.07) is 1.24. The highest BCUT2D eigenvalue weighted by atomic mass is 35.5. The normalized spacial score (nSPS) is 12.9. The molecule has 1 aromatic rings. The van der Waals surface area contributed by atoms with Gasteiger partial charge in [-0.2, -0.15) is 0 Å². The summed E-state index contributed by atoms with van der Waals surface area (Å²) < 4.78 is 0. The predicted octanol–water partition coefficient (Wildman–Crippen LogP) is 2.33. The van der Waals surface area contributed by atoms with Crippen molar-refractivity contribution in [1.29, 1.82) is 0 Å². The number of nitrogens with two attached hydrogens (primary N) is 1. The van der Waals surface area contributed by atoms with Gasteiger partial charge in [0.05, 0.1) is 21.8 Å². The van der Waals surface area contributed by atoms with Crippen molar-refractivity contribution in [3.05, 3.63) is 21.7 Å². The molecule has 1 unspecified atom stereocenters. The number of rotatable bonds is 1. The van der Waals surface area contributed by atoms with Crippen molar-refractivity contribution in [3.8, 4) is 5.75 Å². The van der Waals surface area contributed by atoms with Gasteiger partial charge in [-0.05, 0) is 6.92 Å². The van der Waals surface area contributed by atoms with E-state index in [1.165, 1.54) is 13.0 Å². The average molecular weight is 222 g/mol. The largest absolute Gasteiger partial charge is 0.506 e. The highest BCUT2D eigenvalue weighted by molar-refractivity contribution is 6.43. The molecule has 0 aliphatic carbocycles. The van der Waals surface area contributed by atoms with E-state index in [9.17, 15) is 10.2 Å². The van der Waals surface area contributed by atoms with Gasteiger partial charge in [0.15, 0.2) is 0 Å². The zero-order chi connectivity index (χ0) is 10.2. The minimum Gasteiger partial charge on any atom is -0.506 e. The van der Waals surface area contributed by atoms with Crippen molar-refractivity contribution in [2.75, 3.05) is 5.73 Å². The summed E-state index contributed by atoms with van der Waals surface area (Å²) >= 11 is 11.5. The molecule has 1 rings (SSSR count). The van der Waals surface area contributed by atoms with E-state index < -0.39 is 6.10 Å². The Kier molecular flexibility index (Phi) is 2.91. The summed E-state index contributed by atoms with van der Waals surface area (Å²) in [6.45, 7) is 1.49. The SMILES string of the molecule is CC(O)c1c(N)c(O)cc(Cl)c1Cl. The van der Waals surface area contributed by atoms with Crippen LogP contribution in [0.2, 0.25) is 10.0 Å². The Morgan fingerprint density at radius 3 is 2.46 bits per heavy atom. The van der Waals surface area contributed by atoms with Gasteiger partial charge in [-0.15, -0.1) is 0 Å². The molecule has 0 spiro atoms. The third-order valence-electron chi connectivity index (χ3n) is 1.69. The number of phenolic OH excluding ortho intramolecular Hbond substituents is 1. The van der Waals surface area contributed by atoms with E-state index in [0.29, 0.717) is 0 Å². The summed E-state index contributed by atoms with van der Waals surface area (Å²) in [5.74, 6) is -0.176. The molecule has 0 aliphatic heterocycles. The molecule has 0 saturated carbocycles. The van der Waals surface area contributed by atoms with Crippen molar-refractivity contribution in [1.82, 2.24) is 0 Å². The van der Waals surface area contributed by atoms with Gasteiger partial charge < -0.3 is 15.9 Å². The summed E-state index contributed by atoms with van der Waals surface area (Å²) in [7, 11) is 0. The third kappa shape index (κ3) is 1.82. The molecule has 1 aromatic carbocycles. The Morgan fingerprint density at radius 2 is 2.00 bits per heavy atom. The number of hydrogen-bond acceptors (Lipinski definition) is 3. The lowest BCUT2D eigenvalue weighted by Gasteiger charge is -2.13. The molecular formula is C8H9Cl2NO2. The maximum atomic E-state index is 9.30. The van der Waals surface area contributed by atoms with Gasteiger partial charge >= 0.3 is 0 Å². The average Bonchev–Trinajstić information content (AvgIpc) is 2.01. The minimum atomic E-state index is -0.864. The summed E-state index contributed by atoms with van der Waals surface area (Å²) in [6.07, 6.45) is -0.864. The molecule has 13 heavy (non-hydrogen) atoms. The van der Waals surface area contributed by atoms with Crippen LogP contribution in [-0.4, -0.2) is 10.2 Å². The number of phenols is 1. The molecule has 72 valence electrons. The molecule has 0 aromatic heterocycles. The van der Waals surface area contributed by atoms with E-state index in [0.717, 1.165) is 0 Å². The van der Waals surface area contributed by atoms with Gasteiger partial charge in [-0.25, -0.2) is 0 Å². The van der Waals surface area contributed by atoms with Crippen LogP contribution in [0.25, 0.3) is 0 Å². The van der Waals surface area contributed by atoms with Gasteiger partial charge in [-0.3, -0.25) is 0 Å². The van der Waals surface area contributed by atoms with Crippen LogP contribution in [0.4, 0.5) is 5.69 Å². The van der Waals surface area contributed by atoms with Crippen molar-refractivity contribution in [3.63, 3.8) is 0 Å². The molecular weight excluding hydrogens is 213 g/mol. The first-order valence-corrected chi connectivity index (χ1v) is 4.35. The van der Waals surface area contributed by atoms with Gasteiger partial charge in [0.2, 0.25) is 0 Å². The number of aromatic hydroxyl groups is 1.